The van der Waals surface area contributed by atoms with Crippen molar-refractivity contribution in [3.05, 3.63) is 65.5 Å². The van der Waals surface area contributed by atoms with Crippen molar-refractivity contribution in [2.75, 3.05) is 47.9 Å². The normalized spacial score (nSPS) is 13.8. The molecule has 1 aromatic heterocycles. The fourth-order valence-electron chi connectivity index (χ4n) is 3.52. The summed E-state index contributed by atoms with van der Waals surface area (Å²) in [6.45, 7) is 5.12. The van der Waals surface area contributed by atoms with Gasteiger partial charge < -0.3 is 15.1 Å². The molecule has 0 bridgehead atoms. The number of hydrogen-bond acceptors (Lipinski definition) is 6. The molecule has 2 aromatic carbocycles. The van der Waals surface area contributed by atoms with Gasteiger partial charge in [0.1, 0.15) is 0 Å². The number of thiazole rings is 1. The van der Waals surface area contributed by atoms with Crippen molar-refractivity contribution >= 4 is 45.7 Å². The second-order valence-electron chi connectivity index (χ2n) is 7.65. The number of thioether (sulfide) groups is 1. The molecular formula is C24H26N4O2S2. The van der Waals surface area contributed by atoms with Crippen LogP contribution in [0.5, 0.6) is 0 Å². The summed E-state index contributed by atoms with van der Waals surface area (Å²) in [5, 5.41) is 5.35. The third-order valence-electron chi connectivity index (χ3n) is 5.31. The lowest BCUT2D eigenvalue weighted by molar-refractivity contribution is -0.128. The van der Waals surface area contributed by atoms with E-state index in [0.717, 1.165) is 24.3 Å². The van der Waals surface area contributed by atoms with Crippen molar-refractivity contribution < 1.29 is 9.59 Å². The predicted molar refractivity (Wildman–Crippen MR) is 133 cm³/mol. The van der Waals surface area contributed by atoms with Gasteiger partial charge in [-0.1, -0.05) is 48.0 Å². The van der Waals surface area contributed by atoms with Crippen molar-refractivity contribution in [2.45, 2.75) is 6.92 Å². The minimum absolute atomic E-state index is 0.0893. The number of carbonyl (C=O) groups excluding carboxylic acids is 2. The zero-order chi connectivity index (χ0) is 22.3. The van der Waals surface area contributed by atoms with E-state index in [9.17, 15) is 9.59 Å². The van der Waals surface area contributed by atoms with Crippen LogP contribution in [0.25, 0.3) is 11.3 Å². The first-order chi connectivity index (χ1) is 15.6. The highest BCUT2D eigenvalue weighted by atomic mass is 32.2. The quantitative estimate of drug-likeness (QED) is 0.567. The zero-order valence-electron chi connectivity index (χ0n) is 18.0. The van der Waals surface area contributed by atoms with Gasteiger partial charge in [-0.3, -0.25) is 9.59 Å². The summed E-state index contributed by atoms with van der Waals surface area (Å²) in [5.41, 5.74) is 4.27. The fourth-order valence-corrected chi connectivity index (χ4v) is 4.97. The molecule has 0 saturated carbocycles. The second-order valence-corrected chi connectivity index (χ2v) is 9.49. The van der Waals surface area contributed by atoms with Gasteiger partial charge in [-0.2, -0.15) is 0 Å². The lowest BCUT2D eigenvalue weighted by atomic mass is 10.1. The number of aryl methyl sites for hydroxylation is 1. The Hall–Kier alpha value is -2.84. The second kappa shape index (κ2) is 10.7. The van der Waals surface area contributed by atoms with E-state index in [1.807, 2.05) is 59.7 Å². The van der Waals surface area contributed by atoms with Gasteiger partial charge in [0.25, 0.3) is 0 Å². The van der Waals surface area contributed by atoms with Gasteiger partial charge in [0.2, 0.25) is 11.8 Å². The first-order valence-corrected chi connectivity index (χ1v) is 12.6. The monoisotopic (exact) mass is 466 g/mol. The van der Waals surface area contributed by atoms with Crippen LogP contribution in [0.15, 0.2) is 60.0 Å². The molecule has 1 N–H and O–H groups in total. The molecule has 32 heavy (non-hydrogen) atoms. The first-order valence-electron chi connectivity index (χ1n) is 10.6. The maximum Gasteiger partial charge on any atom is 0.236 e. The molecule has 0 radical (unpaired) electrons. The molecular weight excluding hydrogens is 440 g/mol. The molecule has 2 heterocycles. The SMILES string of the molecule is Cc1ccc(-c2csc(NC(=O)CSCC(=O)N3CCN(c4ccccc4)CC3)n2)cc1. The number of rotatable bonds is 7. The predicted octanol–water partition coefficient (Wildman–Crippen LogP) is 4.14. The highest BCUT2D eigenvalue weighted by molar-refractivity contribution is 8.00. The molecule has 6 nitrogen and oxygen atoms in total. The van der Waals surface area contributed by atoms with Crippen molar-refractivity contribution in [3.8, 4) is 11.3 Å². The van der Waals surface area contributed by atoms with Crippen LogP contribution in [0, 0.1) is 6.92 Å². The molecule has 0 aliphatic carbocycles. The van der Waals surface area contributed by atoms with Gasteiger partial charge in [-0.15, -0.1) is 23.1 Å². The molecule has 4 rings (SSSR count). The maximum absolute atomic E-state index is 12.5. The van der Waals surface area contributed by atoms with Gasteiger partial charge in [-0.25, -0.2) is 4.98 Å². The highest BCUT2D eigenvalue weighted by Gasteiger charge is 2.21. The van der Waals surface area contributed by atoms with Gasteiger partial charge in [0, 0.05) is 42.8 Å². The third kappa shape index (κ3) is 5.89. The average molecular weight is 467 g/mol. The van der Waals surface area contributed by atoms with Gasteiger partial charge in [0.05, 0.1) is 17.2 Å². The van der Waals surface area contributed by atoms with E-state index in [-0.39, 0.29) is 17.6 Å². The summed E-state index contributed by atoms with van der Waals surface area (Å²) in [7, 11) is 0. The lowest BCUT2D eigenvalue weighted by Crippen LogP contribution is -2.49. The summed E-state index contributed by atoms with van der Waals surface area (Å²) < 4.78 is 0. The van der Waals surface area contributed by atoms with Gasteiger partial charge >= 0.3 is 0 Å². The molecule has 1 aliphatic rings. The topological polar surface area (TPSA) is 65.5 Å². The Balaban J connectivity index is 1.18. The number of carbonyl (C=O) groups is 2. The van der Waals surface area contributed by atoms with Crippen LogP contribution < -0.4 is 10.2 Å². The molecule has 0 spiro atoms. The Bertz CT molecular complexity index is 1050. The first kappa shape index (κ1) is 22.4. The summed E-state index contributed by atoms with van der Waals surface area (Å²) in [6, 6.07) is 18.4. The molecule has 8 heteroatoms. The van der Waals surface area contributed by atoms with Gasteiger partial charge in [0.15, 0.2) is 5.13 Å². The van der Waals surface area contributed by atoms with Gasteiger partial charge in [-0.05, 0) is 19.1 Å². The van der Waals surface area contributed by atoms with Crippen molar-refractivity contribution in [3.63, 3.8) is 0 Å². The Morgan fingerprint density at radius 1 is 1.00 bits per heavy atom. The smallest absolute Gasteiger partial charge is 0.236 e. The number of nitrogens with one attached hydrogen (secondary N) is 1. The van der Waals surface area contributed by atoms with E-state index in [0.29, 0.717) is 24.0 Å². The van der Waals surface area contributed by atoms with Crippen LogP contribution in [0.3, 0.4) is 0 Å². The largest absolute Gasteiger partial charge is 0.368 e. The van der Waals surface area contributed by atoms with E-state index in [1.54, 1.807) is 0 Å². The fraction of sp³-hybridized carbons (Fsp3) is 0.292. The average Bonchev–Trinajstić information content (AvgIpc) is 3.28. The van der Waals surface area contributed by atoms with E-state index < -0.39 is 0 Å². The minimum Gasteiger partial charge on any atom is -0.368 e. The van der Waals surface area contributed by atoms with E-state index in [1.165, 1.54) is 34.3 Å². The Morgan fingerprint density at radius 3 is 2.44 bits per heavy atom. The number of piperazine rings is 1. The standard InChI is InChI=1S/C24H26N4O2S2/c1-18-7-9-19(10-8-18)21-15-32-24(25-21)26-22(29)16-31-17-23(30)28-13-11-27(12-14-28)20-5-3-2-4-6-20/h2-10,15H,11-14,16-17H2,1H3,(H,25,26,29). The number of benzene rings is 2. The van der Waals surface area contributed by atoms with Crippen LogP contribution in [-0.4, -0.2) is 59.4 Å². The summed E-state index contributed by atoms with van der Waals surface area (Å²) in [5.74, 6) is 0.494. The summed E-state index contributed by atoms with van der Waals surface area (Å²) in [6.07, 6.45) is 0. The Labute approximate surface area is 196 Å². The van der Waals surface area contributed by atoms with Crippen molar-refractivity contribution in [1.82, 2.24) is 9.88 Å². The number of hydrogen-bond donors (Lipinski definition) is 1. The molecule has 1 fully saturated rings. The van der Waals surface area contributed by atoms with Crippen LogP contribution in [0.1, 0.15) is 5.56 Å². The Morgan fingerprint density at radius 2 is 1.72 bits per heavy atom. The summed E-state index contributed by atoms with van der Waals surface area (Å²) >= 11 is 2.75. The zero-order valence-corrected chi connectivity index (χ0v) is 19.6. The van der Waals surface area contributed by atoms with Crippen LogP contribution >= 0.6 is 23.1 Å². The van der Waals surface area contributed by atoms with Crippen LogP contribution in [-0.2, 0) is 9.59 Å². The third-order valence-corrected chi connectivity index (χ3v) is 6.99. The molecule has 1 saturated heterocycles. The molecule has 0 unspecified atom stereocenters. The molecule has 3 aromatic rings. The molecule has 2 amide bonds. The van der Waals surface area contributed by atoms with Crippen molar-refractivity contribution in [1.29, 1.82) is 0 Å². The molecule has 1 aliphatic heterocycles. The van der Waals surface area contributed by atoms with E-state index in [4.69, 9.17) is 0 Å². The van der Waals surface area contributed by atoms with E-state index >= 15 is 0 Å². The van der Waals surface area contributed by atoms with Crippen LogP contribution in [0.4, 0.5) is 10.8 Å². The lowest BCUT2D eigenvalue weighted by Gasteiger charge is -2.36. The number of para-hydroxylation sites is 1. The number of aromatic nitrogens is 1. The minimum atomic E-state index is -0.137. The number of amides is 2. The maximum atomic E-state index is 12.5. The molecule has 166 valence electrons. The Kier molecular flexibility index (Phi) is 7.44. The summed E-state index contributed by atoms with van der Waals surface area (Å²) in [4.78, 5) is 33.5. The highest BCUT2D eigenvalue weighted by Crippen LogP contribution is 2.25. The van der Waals surface area contributed by atoms with Crippen LogP contribution in [0.2, 0.25) is 0 Å². The number of nitrogens with zero attached hydrogens (tertiary/aromatic N) is 3. The number of anilines is 2. The van der Waals surface area contributed by atoms with E-state index in [2.05, 4.69) is 27.3 Å². The molecule has 0 atom stereocenters. The van der Waals surface area contributed by atoms with Crippen molar-refractivity contribution in [2.24, 2.45) is 0 Å².